The van der Waals surface area contributed by atoms with Crippen LogP contribution in [0.15, 0.2) is 30.3 Å². The number of carbonyl (C=O) groups excluding carboxylic acids is 2. The molecule has 0 aliphatic heterocycles. The summed E-state index contributed by atoms with van der Waals surface area (Å²) >= 11 is 3.21. The lowest BCUT2D eigenvalue weighted by Crippen LogP contribution is -2.30. The number of alkyl halides is 1. The fourth-order valence-electron chi connectivity index (χ4n) is 1.21. The summed E-state index contributed by atoms with van der Waals surface area (Å²) in [7, 11) is 0. The van der Waals surface area contributed by atoms with Gasteiger partial charge in [-0.25, -0.2) is 4.79 Å². The quantitative estimate of drug-likeness (QED) is 0.489. The van der Waals surface area contributed by atoms with Crippen LogP contribution in [-0.4, -0.2) is 17.4 Å². The highest BCUT2D eigenvalue weighted by Crippen LogP contribution is 2.24. The summed E-state index contributed by atoms with van der Waals surface area (Å²) in [6, 6.07) is 9.03. The maximum Gasteiger partial charge on any atom is 0.376 e. The second-order valence-electron chi connectivity index (χ2n) is 4.64. The highest BCUT2D eigenvalue weighted by Gasteiger charge is 2.29. The topological polar surface area (TPSA) is 43.4 Å². The average molecular weight is 299 g/mol. The first kappa shape index (κ1) is 13.9. The van der Waals surface area contributed by atoms with E-state index < -0.39 is 22.2 Å². The van der Waals surface area contributed by atoms with E-state index in [9.17, 15) is 9.59 Å². The Balaban J connectivity index is 2.74. The summed E-state index contributed by atoms with van der Waals surface area (Å²) in [6.45, 7) is 5.18. The molecule has 3 nitrogen and oxygen atoms in total. The molecule has 0 bridgehead atoms. The van der Waals surface area contributed by atoms with Crippen LogP contribution in [0.2, 0.25) is 0 Å². The van der Waals surface area contributed by atoms with Gasteiger partial charge in [-0.1, -0.05) is 46.3 Å². The van der Waals surface area contributed by atoms with Crippen LogP contribution in [0.4, 0.5) is 0 Å². The maximum absolute atomic E-state index is 11.8. The third-order valence-electron chi connectivity index (χ3n) is 1.92. The molecule has 0 aromatic heterocycles. The molecule has 0 heterocycles. The molecule has 0 aliphatic rings. The summed E-state index contributed by atoms with van der Waals surface area (Å²) in [5.41, 5.74) is 0.0826. The number of halogens is 1. The van der Waals surface area contributed by atoms with Crippen LogP contribution in [0, 0.1) is 0 Å². The summed E-state index contributed by atoms with van der Waals surface area (Å²) in [5.74, 6) is -1.41. The van der Waals surface area contributed by atoms with Crippen molar-refractivity contribution in [2.75, 3.05) is 0 Å². The molecule has 1 aromatic carbocycles. The molecule has 0 saturated carbocycles. The van der Waals surface area contributed by atoms with Gasteiger partial charge in [0, 0.05) is 0 Å². The van der Waals surface area contributed by atoms with E-state index in [0.29, 0.717) is 0 Å². The Hall–Kier alpha value is -1.16. The van der Waals surface area contributed by atoms with Crippen molar-refractivity contribution < 1.29 is 14.3 Å². The zero-order chi connectivity index (χ0) is 13.1. The van der Waals surface area contributed by atoms with Gasteiger partial charge in [0.05, 0.1) is 0 Å². The minimum absolute atomic E-state index is 0.592. The molecule has 1 aromatic rings. The number of rotatable bonds is 3. The van der Waals surface area contributed by atoms with Crippen molar-refractivity contribution >= 4 is 27.7 Å². The van der Waals surface area contributed by atoms with E-state index in [4.69, 9.17) is 4.74 Å². The van der Waals surface area contributed by atoms with Gasteiger partial charge < -0.3 is 4.74 Å². The summed E-state index contributed by atoms with van der Waals surface area (Å²) < 4.78 is 5.02. The SMILES string of the molecule is CC(C)(C)OC(=O)C(=O)C(Br)c1ccccc1. The molecule has 0 spiro atoms. The first-order valence-electron chi connectivity index (χ1n) is 5.27. The van der Waals surface area contributed by atoms with Crippen molar-refractivity contribution in [2.24, 2.45) is 0 Å². The minimum Gasteiger partial charge on any atom is -0.454 e. The highest BCUT2D eigenvalue weighted by atomic mass is 79.9. The average Bonchev–Trinajstić information content (AvgIpc) is 2.26. The van der Waals surface area contributed by atoms with Crippen LogP contribution in [-0.2, 0) is 14.3 Å². The first-order valence-corrected chi connectivity index (χ1v) is 6.19. The van der Waals surface area contributed by atoms with E-state index in [1.54, 1.807) is 32.9 Å². The van der Waals surface area contributed by atoms with Crippen molar-refractivity contribution in [3.63, 3.8) is 0 Å². The number of ketones is 1. The van der Waals surface area contributed by atoms with E-state index in [-0.39, 0.29) is 0 Å². The Morgan fingerprint density at radius 2 is 1.71 bits per heavy atom. The maximum atomic E-state index is 11.8. The number of carbonyl (C=O) groups is 2. The molecular weight excluding hydrogens is 284 g/mol. The number of hydrogen-bond acceptors (Lipinski definition) is 3. The molecule has 1 atom stereocenters. The summed E-state index contributed by atoms with van der Waals surface area (Å²) in [6.07, 6.45) is 0. The molecule has 0 aliphatic carbocycles. The van der Waals surface area contributed by atoms with E-state index in [1.165, 1.54) is 0 Å². The van der Waals surface area contributed by atoms with E-state index in [0.717, 1.165) is 5.56 Å². The largest absolute Gasteiger partial charge is 0.454 e. The molecule has 4 heteroatoms. The molecule has 0 radical (unpaired) electrons. The molecule has 0 N–H and O–H groups in total. The van der Waals surface area contributed by atoms with Gasteiger partial charge in [-0.15, -0.1) is 0 Å². The zero-order valence-electron chi connectivity index (χ0n) is 10.1. The number of hydrogen-bond donors (Lipinski definition) is 0. The van der Waals surface area contributed by atoms with Crippen molar-refractivity contribution in [1.29, 1.82) is 0 Å². The van der Waals surface area contributed by atoms with Gasteiger partial charge >= 0.3 is 5.97 Å². The predicted molar refractivity (Wildman–Crippen MR) is 69.0 cm³/mol. The van der Waals surface area contributed by atoms with Gasteiger partial charge in [0.1, 0.15) is 10.4 Å². The molecule has 0 amide bonds. The smallest absolute Gasteiger partial charge is 0.376 e. The number of esters is 1. The standard InChI is InChI=1S/C13H15BrO3/c1-13(2,3)17-12(16)11(15)10(14)9-7-5-4-6-8-9/h4-8,10H,1-3H3. The van der Waals surface area contributed by atoms with Crippen molar-refractivity contribution in [3.05, 3.63) is 35.9 Å². The third kappa shape index (κ3) is 4.30. The van der Waals surface area contributed by atoms with Crippen LogP contribution < -0.4 is 0 Å². The van der Waals surface area contributed by atoms with Gasteiger partial charge in [0.25, 0.3) is 5.78 Å². The Labute approximate surface area is 109 Å². The Morgan fingerprint density at radius 3 is 2.18 bits per heavy atom. The highest BCUT2D eigenvalue weighted by molar-refractivity contribution is 9.09. The molecule has 17 heavy (non-hydrogen) atoms. The lowest BCUT2D eigenvalue weighted by molar-refractivity contribution is -0.162. The number of Topliss-reactive ketones (excluding diaryl/α,β-unsaturated/α-hetero) is 1. The van der Waals surface area contributed by atoms with Crippen LogP contribution in [0.3, 0.4) is 0 Å². The van der Waals surface area contributed by atoms with Crippen molar-refractivity contribution in [3.8, 4) is 0 Å². The first-order chi connectivity index (χ1) is 7.81. The third-order valence-corrected chi connectivity index (χ3v) is 2.87. The number of ether oxygens (including phenoxy) is 1. The van der Waals surface area contributed by atoms with Gasteiger partial charge in [0.2, 0.25) is 0 Å². The second kappa shape index (κ2) is 5.45. The lowest BCUT2D eigenvalue weighted by atomic mass is 10.1. The van der Waals surface area contributed by atoms with Gasteiger partial charge in [0.15, 0.2) is 0 Å². The molecule has 92 valence electrons. The van der Waals surface area contributed by atoms with Gasteiger partial charge in [-0.3, -0.25) is 4.79 Å². The Kier molecular flexibility index (Phi) is 4.46. The monoisotopic (exact) mass is 298 g/mol. The van der Waals surface area contributed by atoms with Crippen molar-refractivity contribution in [1.82, 2.24) is 0 Å². The summed E-state index contributed by atoms with van der Waals surface area (Å²) in [5, 5.41) is 0. The van der Waals surface area contributed by atoms with E-state index in [2.05, 4.69) is 15.9 Å². The molecule has 0 saturated heterocycles. The second-order valence-corrected chi connectivity index (χ2v) is 5.56. The van der Waals surface area contributed by atoms with Crippen LogP contribution in [0.5, 0.6) is 0 Å². The molecule has 1 unspecified atom stereocenters. The predicted octanol–water partition coefficient (Wildman–Crippen LogP) is 3.03. The van der Waals surface area contributed by atoms with Crippen LogP contribution in [0.1, 0.15) is 31.2 Å². The molecule has 1 rings (SSSR count). The van der Waals surface area contributed by atoms with Crippen LogP contribution >= 0.6 is 15.9 Å². The molecule has 0 fully saturated rings. The number of benzene rings is 1. The van der Waals surface area contributed by atoms with Crippen molar-refractivity contribution in [2.45, 2.75) is 31.2 Å². The van der Waals surface area contributed by atoms with Gasteiger partial charge in [-0.2, -0.15) is 0 Å². The fraction of sp³-hybridized carbons (Fsp3) is 0.385. The normalized spacial score (nSPS) is 12.9. The van der Waals surface area contributed by atoms with E-state index in [1.807, 2.05) is 18.2 Å². The zero-order valence-corrected chi connectivity index (χ0v) is 11.7. The fourth-order valence-corrected chi connectivity index (χ4v) is 1.70. The Morgan fingerprint density at radius 1 is 1.18 bits per heavy atom. The molecular formula is C13H15BrO3. The minimum atomic E-state index is -0.816. The summed E-state index contributed by atoms with van der Waals surface area (Å²) in [4.78, 5) is 22.7. The van der Waals surface area contributed by atoms with Gasteiger partial charge in [-0.05, 0) is 26.3 Å². The van der Waals surface area contributed by atoms with E-state index >= 15 is 0 Å². The Bertz CT molecular complexity index is 406. The lowest BCUT2D eigenvalue weighted by Gasteiger charge is -2.19. The van der Waals surface area contributed by atoms with Crippen LogP contribution in [0.25, 0.3) is 0 Å².